The second-order valence-corrected chi connectivity index (χ2v) is 2.99. The third kappa shape index (κ3) is 3.40. The number of hydrogen-bond acceptors (Lipinski definition) is 2. The lowest BCUT2D eigenvalue weighted by atomic mass is 10.0. The van der Waals surface area contributed by atoms with E-state index in [2.05, 4.69) is 0 Å². The maximum Gasteiger partial charge on any atom is 0.391 e. The fourth-order valence-electron chi connectivity index (χ4n) is 1.26. The highest BCUT2D eigenvalue weighted by molar-refractivity contribution is 4.72. The van der Waals surface area contributed by atoms with Gasteiger partial charge in [-0.1, -0.05) is 0 Å². The Balaban J connectivity index is 2.32. The molecule has 2 atom stereocenters. The van der Waals surface area contributed by atoms with E-state index in [1.807, 2.05) is 0 Å². The van der Waals surface area contributed by atoms with Crippen molar-refractivity contribution in [2.24, 2.45) is 0 Å². The van der Waals surface area contributed by atoms with Crippen LogP contribution in [0.3, 0.4) is 0 Å². The zero-order valence-electron chi connectivity index (χ0n) is 6.47. The van der Waals surface area contributed by atoms with Gasteiger partial charge in [0.15, 0.2) is 0 Å². The standard InChI is InChI=1S/C7H11F3O2/c8-7(9,10)4-6-3-5(11)1-2-12-6/h5-6,11H,1-4H2/t5-,6+/m1/s1. The first-order chi connectivity index (χ1) is 5.47. The number of aliphatic hydroxyl groups is 1. The van der Waals surface area contributed by atoms with E-state index in [-0.39, 0.29) is 13.0 Å². The first-order valence-corrected chi connectivity index (χ1v) is 3.84. The van der Waals surface area contributed by atoms with Crippen molar-refractivity contribution in [2.75, 3.05) is 6.61 Å². The molecule has 0 amide bonds. The smallest absolute Gasteiger partial charge is 0.391 e. The van der Waals surface area contributed by atoms with Crippen molar-refractivity contribution in [3.8, 4) is 0 Å². The fraction of sp³-hybridized carbons (Fsp3) is 1.00. The minimum absolute atomic E-state index is 0.0967. The molecule has 1 rings (SSSR count). The average molecular weight is 184 g/mol. The van der Waals surface area contributed by atoms with E-state index in [0.717, 1.165) is 0 Å². The van der Waals surface area contributed by atoms with E-state index in [1.54, 1.807) is 0 Å². The minimum Gasteiger partial charge on any atom is -0.393 e. The summed E-state index contributed by atoms with van der Waals surface area (Å²) in [5, 5.41) is 9.03. The summed E-state index contributed by atoms with van der Waals surface area (Å²) in [5.74, 6) is 0. The van der Waals surface area contributed by atoms with Gasteiger partial charge in [-0.3, -0.25) is 0 Å². The quantitative estimate of drug-likeness (QED) is 0.668. The zero-order valence-corrected chi connectivity index (χ0v) is 6.47. The van der Waals surface area contributed by atoms with Crippen molar-refractivity contribution < 1.29 is 23.0 Å². The Morgan fingerprint density at radius 1 is 1.42 bits per heavy atom. The number of rotatable bonds is 1. The lowest BCUT2D eigenvalue weighted by Gasteiger charge is -2.26. The van der Waals surface area contributed by atoms with Gasteiger partial charge in [0, 0.05) is 6.61 Å². The first kappa shape index (κ1) is 9.80. The molecule has 0 aliphatic carbocycles. The van der Waals surface area contributed by atoms with Gasteiger partial charge in [-0.2, -0.15) is 13.2 Å². The summed E-state index contributed by atoms with van der Waals surface area (Å²) >= 11 is 0. The number of ether oxygens (including phenoxy) is 1. The van der Waals surface area contributed by atoms with Crippen LogP contribution < -0.4 is 0 Å². The Bertz CT molecular complexity index is 146. The van der Waals surface area contributed by atoms with Crippen molar-refractivity contribution in [2.45, 2.75) is 37.6 Å². The molecule has 0 aromatic carbocycles. The van der Waals surface area contributed by atoms with Gasteiger partial charge in [0.05, 0.1) is 18.6 Å². The maximum atomic E-state index is 11.8. The van der Waals surface area contributed by atoms with Gasteiger partial charge < -0.3 is 9.84 Å². The molecule has 0 aromatic heterocycles. The molecule has 1 heterocycles. The Kier molecular flexibility index (Phi) is 2.95. The monoisotopic (exact) mass is 184 g/mol. The third-order valence-electron chi connectivity index (χ3n) is 1.80. The Hall–Kier alpha value is -0.290. The molecule has 0 bridgehead atoms. The highest BCUT2D eigenvalue weighted by Gasteiger charge is 2.34. The van der Waals surface area contributed by atoms with Gasteiger partial charge in [-0.25, -0.2) is 0 Å². The molecule has 1 fully saturated rings. The van der Waals surface area contributed by atoms with Crippen molar-refractivity contribution in [3.63, 3.8) is 0 Å². The first-order valence-electron chi connectivity index (χ1n) is 3.84. The summed E-state index contributed by atoms with van der Waals surface area (Å²) < 4.78 is 40.3. The molecule has 0 radical (unpaired) electrons. The predicted octanol–water partition coefficient (Wildman–Crippen LogP) is 1.48. The molecule has 2 nitrogen and oxygen atoms in total. The van der Waals surface area contributed by atoms with Crippen LogP contribution in [0.15, 0.2) is 0 Å². The lowest BCUT2D eigenvalue weighted by molar-refractivity contribution is -0.172. The van der Waals surface area contributed by atoms with Crippen molar-refractivity contribution in [1.82, 2.24) is 0 Å². The van der Waals surface area contributed by atoms with Crippen LogP contribution in [0.4, 0.5) is 13.2 Å². The normalized spacial score (nSPS) is 32.0. The predicted molar refractivity (Wildman–Crippen MR) is 35.7 cm³/mol. The lowest BCUT2D eigenvalue weighted by Crippen LogP contribution is -2.32. The second-order valence-electron chi connectivity index (χ2n) is 2.99. The van der Waals surface area contributed by atoms with Gasteiger partial charge in [0.1, 0.15) is 0 Å². The molecule has 1 saturated heterocycles. The van der Waals surface area contributed by atoms with Gasteiger partial charge >= 0.3 is 6.18 Å². The summed E-state index contributed by atoms with van der Waals surface area (Å²) in [7, 11) is 0. The second kappa shape index (κ2) is 3.62. The third-order valence-corrected chi connectivity index (χ3v) is 1.80. The van der Waals surface area contributed by atoms with Crippen LogP contribution in [-0.4, -0.2) is 30.1 Å². The SMILES string of the molecule is O[C@@H]1CCO[C@H](CC(F)(F)F)C1. The van der Waals surface area contributed by atoms with E-state index >= 15 is 0 Å². The van der Waals surface area contributed by atoms with Crippen molar-refractivity contribution >= 4 is 0 Å². The molecule has 1 aliphatic heterocycles. The van der Waals surface area contributed by atoms with E-state index in [1.165, 1.54) is 0 Å². The number of aliphatic hydroxyl groups excluding tert-OH is 1. The summed E-state index contributed by atoms with van der Waals surface area (Å²) in [6.07, 6.45) is -6.10. The molecule has 1 N–H and O–H groups in total. The average Bonchev–Trinajstić information content (AvgIpc) is 1.82. The molecule has 72 valence electrons. The summed E-state index contributed by atoms with van der Waals surface area (Å²) in [6, 6.07) is 0. The summed E-state index contributed by atoms with van der Waals surface area (Å²) in [5.41, 5.74) is 0. The molecule has 1 aliphatic rings. The van der Waals surface area contributed by atoms with Gasteiger partial charge in [-0.05, 0) is 12.8 Å². The van der Waals surface area contributed by atoms with Crippen LogP contribution in [0, 0.1) is 0 Å². The highest BCUT2D eigenvalue weighted by atomic mass is 19.4. The zero-order chi connectivity index (χ0) is 9.19. The number of alkyl halides is 3. The van der Waals surface area contributed by atoms with Crippen LogP contribution in [0.25, 0.3) is 0 Å². The fourth-order valence-corrected chi connectivity index (χ4v) is 1.26. The largest absolute Gasteiger partial charge is 0.393 e. The van der Waals surface area contributed by atoms with Crippen LogP contribution in [0.1, 0.15) is 19.3 Å². The molecule has 12 heavy (non-hydrogen) atoms. The molecule has 0 unspecified atom stereocenters. The Morgan fingerprint density at radius 3 is 2.58 bits per heavy atom. The van der Waals surface area contributed by atoms with Crippen LogP contribution in [-0.2, 0) is 4.74 Å². The van der Waals surface area contributed by atoms with E-state index in [4.69, 9.17) is 9.84 Å². The highest BCUT2D eigenvalue weighted by Crippen LogP contribution is 2.27. The molecule has 0 aromatic rings. The van der Waals surface area contributed by atoms with Crippen LogP contribution >= 0.6 is 0 Å². The minimum atomic E-state index is -4.19. The van der Waals surface area contributed by atoms with Crippen LogP contribution in [0.2, 0.25) is 0 Å². The molecular weight excluding hydrogens is 173 g/mol. The topological polar surface area (TPSA) is 29.5 Å². The summed E-state index contributed by atoms with van der Waals surface area (Å²) in [4.78, 5) is 0. The molecule has 0 spiro atoms. The van der Waals surface area contributed by atoms with Gasteiger partial charge in [-0.15, -0.1) is 0 Å². The Labute approximate surface area is 68.3 Å². The number of halogens is 3. The Morgan fingerprint density at radius 2 is 2.08 bits per heavy atom. The van der Waals surface area contributed by atoms with Crippen LogP contribution in [0.5, 0.6) is 0 Å². The maximum absolute atomic E-state index is 11.8. The summed E-state index contributed by atoms with van der Waals surface area (Å²) in [6.45, 7) is 0.224. The van der Waals surface area contributed by atoms with Gasteiger partial charge in [0.2, 0.25) is 0 Å². The van der Waals surface area contributed by atoms with E-state index < -0.39 is 24.8 Å². The molecule has 0 saturated carbocycles. The number of hydrogen-bond donors (Lipinski definition) is 1. The van der Waals surface area contributed by atoms with Crippen molar-refractivity contribution in [3.05, 3.63) is 0 Å². The molecular formula is C7H11F3O2. The van der Waals surface area contributed by atoms with E-state index in [9.17, 15) is 13.2 Å². The van der Waals surface area contributed by atoms with E-state index in [0.29, 0.717) is 6.42 Å². The molecule has 5 heteroatoms. The van der Waals surface area contributed by atoms with Gasteiger partial charge in [0.25, 0.3) is 0 Å². The van der Waals surface area contributed by atoms with Crippen molar-refractivity contribution in [1.29, 1.82) is 0 Å².